The molecule has 0 radical (unpaired) electrons. The number of nitrogens with one attached hydrogen (secondary N) is 2. The smallest absolute Gasteiger partial charge is 0.366 e. The van der Waals surface area contributed by atoms with Crippen LogP contribution in [0.1, 0.15) is 27.8 Å². The summed E-state index contributed by atoms with van der Waals surface area (Å²) in [5.41, 5.74) is 2.33. The number of fused-ring (bicyclic) bond motifs is 1. The van der Waals surface area contributed by atoms with Gasteiger partial charge in [0.2, 0.25) is 0 Å². The summed E-state index contributed by atoms with van der Waals surface area (Å²) in [6, 6.07) is 8.33. The Morgan fingerprint density at radius 2 is 1.90 bits per heavy atom. The van der Waals surface area contributed by atoms with Crippen LogP contribution in [0.25, 0.3) is 11.0 Å². The van der Waals surface area contributed by atoms with Gasteiger partial charge in [-0.05, 0) is 29.3 Å². The molecule has 4 aromatic heterocycles. The van der Waals surface area contributed by atoms with Gasteiger partial charge in [0, 0.05) is 54.9 Å². The van der Waals surface area contributed by atoms with Gasteiger partial charge in [-0.15, -0.1) is 0 Å². The van der Waals surface area contributed by atoms with E-state index in [0.29, 0.717) is 23.4 Å². The molecule has 0 aliphatic carbocycles. The zero-order valence-corrected chi connectivity index (χ0v) is 15.5. The molecule has 0 amide bonds. The van der Waals surface area contributed by atoms with Crippen LogP contribution in [0.3, 0.4) is 0 Å². The number of H-pyrrole nitrogens is 1. The quantitative estimate of drug-likeness (QED) is 0.509. The van der Waals surface area contributed by atoms with Gasteiger partial charge in [0.25, 0.3) is 0 Å². The van der Waals surface area contributed by atoms with Crippen LogP contribution < -0.4 is 5.32 Å². The summed E-state index contributed by atoms with van der Waals surface area (Å²) in [4.78, 5) is 15.3. The second-order valence-electron chi connectivity index (χ2n) is 6.62. The van der Waals surface area contributed by atoms with Crippen molar-refractivity contribution in [2.24, 2.45) is 0 Å². The Labute approximate surface area is 169 Å². The summed E-state index contributed by atoms with van der Waals surface area (Å²) < 4.78 is 39.2. The zero-order chi connectivity index (χ0) is 21.1. The van der Waals surface area contributed by atoms with Gasteiger partial charge in [-0.3, -0.25) is 4.98 Å². The highest BCUT2D eigenvalue weighted by Gasteiger charge is 2.33. The number of anilines is 1. The van der Waals surface area contributed by atoms with Crippen LogP contribution >= 0.6 is 0 Å². The van der Waals surface area contributed by atoms with Crippen LogP contribution in [0.15, 0.2) is 55.2 Å². The lowest BCUT2D eigenvalue weighted by Gasteiger charge is -2.13. The van der Waals surface area contributed by atoms with E-state index in [1.54, 1.807) is 24.5 Å². The Morgan fingerprint density at radius 1 is 1.03 bits per heavy atom. The SMILES string of the molecule is N#Cc1ccnc2[nH]cc(Cc3ccc(NCc4cnccc4C(F)(F)F)nc3)c12. The van der Waals surface area contributed by atoms with Crippen LogP contribution in [0.4, 0.5) is 19.0 Å². The van der Waals surface area contributed by atoms with Gasteiger partial charge in [0.15, 0.2) is 0 Å². The number of hydrogen-bond acceptors (Lipinski definition) is 5. The average Bonchev–Trinajstić information content (AvgIpc) is 3.16. The molecule has 0 unspecified atom stereocenters. The van der Waals surface area contributed by atoms with E-state index in [4.69, 9.17) is 0 Å². The third-order valence-electron chi connectivity index (χ3n) is 4.66. The maximum absolute atomic E-state index is 13.1. The van der Waals surface area contributed by atoms with Crippen molar-refractivity contribution in [3.8, 4) is 6.07 Å². The van der Waals surface area contributed by atoms with Gasteiger partial charge in [0.1, 0.15) is 11.5 Å². The van der Waals surface area contributed by atoms with E-state index in [1.807, 2.05) is 12.3 Å². The minimum absolute atomic E-state index is 0.0469. The number of rotatable bonds is 5. The van der Waals surface area contributed by atoms with Gasteiger partial charge < -0.3 is 10.3 Å². The Bertz CT molecular complexity index is 1220. The number of aromatic amines is 1. The molecule has 0 aliphatic heterocycles. The number of hydrogen-bond donors (Lipinski definition) is 2. The van der Waals surface area contributed by atoms with Crippen molar-refractivity contribution in [3.05, 3.63) is 83.1 Å². The fourth-order valence-electron chi connectivity index (χ4n) is 3.24. The number of alkyl halides is 3. The average molecular weight is 408 g/mol. The molecular weight excluding hydrogens is 393 g/mol. The molecule has 0 atom stereocenters. The van der Waals surface area contributed by atoms with E-state index >= 15 is 0 Å². The van der Waals surface area contributed by atoms with Crippen LogP contribution in [0, 0.1) is 11.3 Å². The molecule has 9 heteroatoms. The number of aromatic nitrogens is 4. The van der Waals surface area contributed by atoms with Crippen molar-refractivity contribution in [1.29, 1.82) is 5.26 Å². The van der Waals surface area contributed by atoms with Gasteiger partial charge in [-0.25, -0.2) is 9.97 Å². The molecule has 2 N–H and O–H groups in total. The summed E-state index contributed by atoms with van der Waals surface area (Å²) in [5, 5.41) is 13.0. The Kier molecular flexibility index (Phi) is 5.06. The molecule has 0 spiro atoms. The molecule has 0 saturated carbocycles. The van der Waals surface area contributed by atoms with Crippen molar-refractivity contribution in [3.63, 3.8) is 0 Å². The number of nitriles is 1. The van der Waals surface area contributed by atoms with E-state index in [1.165, 1.54) is 6.20 Å². The normalized spacial score (nSPS) is 11.4. The summed E-state index contributed by atoms with van der Waals surface area (Å²) in [6.45, 7) is -0.0469. The highest BCUT2D eigenvalue weighted by Crippen LogP contribution is 2.31. The monoisotopic (exact) mass is 408 g/mol. The van der Waals surface area contributed by atoms with Crippen LogP contribution in [-0.2, 0) is 19.1 Å². The van der Waals surface area contributed by atoms with E-state index in [9.17, 15) is 18.4 Å². The molecule has 4 aromatic rings. The van der Waals surface area contributed by atoms with E-state index in [2.05, 4.69) is 31.3 Å². The Morgan fingerprint density at radius 3 is 2.63 bits per heavy atom. The molecule has 30 heavy (non-hydrogen) atoms. The summed E-state index contributed by atoms with van der Waals surface area (Å²) in [7, 11) is 0. The van der Waals surface area contributed by atoms with Crippen LogP contribution in [0.2, 0.25) is 0 Å². The molecule has 0 aliphatic rings. The fraction of sp³-hybridized carbons (Fsp3) is 0.143. The maximum atomic E-state index is 13.1. The predicted molar refractivity (Wildman–Crippen MR) is 104 cm³/mol. The van der Waals surface area contributed by atoms with Gasteiger partial charge in [-0.1, -0.05) is 6.07 Å². The number of nitrogens with zero attached hydrogens (tertiary/aromatic N) is 4. The highest BCUT2D eigenvalue weighted by molar-refractivity contribution is 5.86. The molecule has 0 fully saturated rings. The minimum Gasteiger partial charge on any atom is -0.366 e. The highest BCUT2D eigenvalue weighted by atomic mass is 19.4. The lowest BCUT2D eigenvalue weighted by atomic mass is 10.0. The first kappa shape index (κ1) is 19.4. The third kappa shape index (κ3) is 3.93. The van der Waals surface area contributed by atoms with Crippen LogP contribution in [0.5, 0.6) is 0 Å². The predicted octanol–water partition coefficient (Wildman–Crippen LogP) is 4.45. The van der Waals surface area contributed by atoms with Crippen molar-refractivity contribution >= 4 is 16.9 Å². The summed E-state index contributed by atoms with van der Waals surface area (Å²) in [6.07, 6.45) is 3.46. The topological polar surface area (TPSA) is 90.3 Å². The molecule has 0 saturated heterocycles. The largest absolute Gasteiger partial charge is 0.416 e. The molecule has 150 valence electrons. The molecule has 4 heterocycles. The lowest BCUT2D eigenvalue weighted by molar-refractivity contribution is -0.138. The van der Waals surface area contributed by atoms with Crippen molar-refractivity contribution < 1.29 is 13.2 Å². The Hall–Kier alpha value is -3.93. The van der Waals surface area contributed by atoms with Gasteiger partial charge >= 0.3 is 6.18 Å². The maximum Gasteiger partial charge on any atom is 0.416 e. The second-order valence-corrected chi connectivity index (χ2v) is 6.62. The van der Waals surface area contributed by atoms with Crippen LogP contribution in [-0.4, -0.2) is 19.9 Å². The Balaban J connectivity index is 1.48. The van der Waals surface area contributed by atoms with Gasteiger partial charge in [-0.2, -0.15) is 18.4 Å². The molecule has 0 aromatic carbocycles. The van der Waals surface area contributed by atoms with E-state index < -0.39 is 11.7 Å². The summed E-state index contributed by atoms with van der Waals surface area (Å²) in [5.74, 6) is 0.453. The van der Waals surface area contributed by atoms with Crippen molar-refractivity contribution in [2.75, 3.05) is 5.32 Å². The molecule has 4 rings (SSSR count). The van der Waals surface area contributed by atoms with E-state index in [0.717, 1.165) is 28.8 Å². The zero-order valence-electron chi connectivity index (χ0n) is 15.5. The first-order valence-corrected chi connectivity index (χ1v) is 8.99. The third-order valence-corrected chi connectivity index (χ3v) is 4.66. The van der Waals surface area contributed by atoms with E-state index in [-0.39, 0.29) is 12.1 Å². The number of pyridine rings is 3. The van der Waals surface area contributed by atoms with Crippen molar-refractivity contribution in [2.45, 2.75) is 19.1 Å². The minimum atomic E-state index is -4.44. The first-order valence-electron chi connectivity index (χ1n) is 8.99. The second kappa shape index (κ2) is 7.83. The van der Waals surface area contributed by atoms with Crippen molar-refractivity contribution in [1.82, 2.24) is 19.9 Å². The first-order chi connectivity index (χ1) is 14.5. The standard InChI is InChI=1S/C21H15F3N6/c22-21(23,24)17-4-5-26-10-16(17)12-29-18-2-1-13(9-28-18)7-15-11-30-20-19(15)14(8-25)3-6-27-20/h1-6,9-11H,7,12H2,(H,27,30)(H,28,29). The number of halogens is 3. The molecule has 0 bridgehead atoms. The lowest BCUT2D eigenvalue weighted by Crippen LogP contribution is -2.12. The molecular formula is C21H15F3N6. The van der Waals surface area contributed by atoms with Gasteiger partial charge in [0.05, 0.1) is 17.2 Å². The molecule has 6 nitrogen and oxygen atoms in total. The fourth-order valence-corrected chi connectivity index (χ4v) is 3.24. The summed E-state index contributed by atoms with van der Waals surface area (Å²) >= 11 is 0.